The number of rotatable bonds is 4. The monoisotopic (exact) mass is 244 g/mol. The van der Waals surface area contributed by atoms with Crippen LogP contribution >= 0.6 is 0 Å². The van der Waals surface area contributed by atoms with Crippen LogP contribution in [0.25, 0.3) is 11.1 Å². The normalized spacial score (nSPS) is 10.6. The molecule has 1 N–H and O–H groups in total. The van der Waals surface area contributed by atoms with Crippen molar-refractivity contribution in [1.82, 2.24) is 9.78 Å². The molecule has 1 heterocycles. The Hall–Kier alpha value is -2.10. The average molecular weight is 244 g/mol. The van der Waals surface area contributed by atoms with E-state index in [4.69, 9.17) is 5.11 Å². The molecule has 18 heavy (non-hydrogen) atoms. The van der Waals surface area contributed by atoms with Crippen LogP contribution in [0.1, 0.15) is 17.8 Å². The first-order chi connectivity index (χ1) is 8.59. The molecule has 1 aromatic carbocycles. The van der Waals surface area contributed by atoms with Crippen LogP contribution < -0.4 is 0 Å². The third-order valence-corrected chi connectivity index (χ3v) is 3.04. The zero-order chi connectivity index (χ0) is 13.1. The van der Waals surface area contributed by atoms with Gasteiger partial charge in [0.05, 0.1) is 12.1 Å². The van der Waals surface area contributed by atoms with Crippen LogP contribution in [0, 0.1) is 6.92 Å². The van der Waals surface area contributed by atoms with Crippen LogP contribution in [-0.4, -0.2) is 20.9 Å². The Morgan fingerprint density at radius 3 is 2.61 bits per heavy atom. The SMILES string of the molecule is Cc1c(-c2ccccc2)c(CCC(=O)O)nn1C. The molecule has 0 aliphatic rings. The van der Waals surface area contributed by atoms with Crippen LogP contribution in [0.2, 0.25) is 0 Å². The summed E-state index contributed by atoms with van der Waals surface area (Å²) in [5, 5.41) is 13.2. The molecule has 0 spiro atoms. The fraction of sp³-hybridized carbons (Fsp3) is 0.286. The van der Waals surface area contributed by atoms with Gasteiger partial charge in [0, 0.05) is 24.7 Å². The fourth-order valence-corrected chi connectivity index (χ4v) is 2.06. The highest BCUT2D eigenvalue weighted by Crippen LogP contribution is 2.27. The van der Waals surface area contributed by atoms with Crippen LogP contribution in [0.15, 0.2) is 30.3 Å². The minimum atomic E-state index is -0.794. The van der Waals surface area contributed by atoms with Crippen molar-refractivity contribution in [1.29, 1.82) is 0 Å². The van der Waals surface area contributed by atoms with Crippen molar-refractivity contribution in [3.8, 4) is 11.1 Å². The van der Waals surface area contributed by atoms with E-state index in [9.17, 15) is 4.79 Å². The molecular weight excluding hydrogens is 228 g/mol. The van der Waals surface area contributed by atoms with Gasteiger partial charge in [-0.2, -0.15) is 5.10 Å². The molecule has 94 valence electrons. The average Bonchev–Trinajstić information content (AvgIpc) is 2.64. The molecule has 0 aliphatic carbocycles. The summed E-state index contributed by atoms with van der Waals surface area (Å²) in [6.07, 6.45) is 0.567. The summed E-state index contributed by atoms with van der Waals surface area (Å²) in [6, 6.07) is 9.96. The van der Waals surface area contributed by atoms with Crippen LogP contribution in [0.4, 0.5) is 0 Å². The van der Waals surface area contributed by atoms with Crippen LogP contribution in [0.5, 0.6) is 0 Å². The van der Waals surface area contributed by atoms with E-state index in [2.05, 4.69) is 5.10 Å². The topological polar surface area (TPSA) is 55.1 Å². The Labute approximate surface area is 106 Å². The van der Waals surface area contributed by atoms with E-state index in [-0.39, 0.29) is 6.42 Å². The van der Waals surface area contributed by atoms with Crippen molar-refractivity contribution in [2.75, 3.05) is 0 Å². The highest BCUT2D eigenvalue weighted by molar-refractivity contribution is 5.71. The second kappa shape index (κ2) is 5.04. The molecular formula is C14H16N2O2. The third kappa shape index (κ3) is 2.42. The van der Waals surface area contributed by atoms with Gasteiger partial charge in [-0.15, -0.1) is 0 Å². The lowest BCUT2D eigenvalue weighted by molar-refractivity contribution is -0.136. The zero-order valence-corrected chi connectivity index (χ0v) is 10.6. The van der Waals surface area contributed by atoms with E-state index in [1.54, 1.807) is 4.68 Å². The molecule has 0 aliphatic heterocycles. The summed E-state index contributed by atoms with van der Waals surface area (Å²) in [5.41, 5.74) is 4.05. The van der Waals surface area contributed by atoms with Crippen LogP contribution in [-0.2, 0) is 18.3 Å². The van der Waals surface area contributed by atoms with Gasteiger partial charge in [0.25, 0.3) is 0 Å². The number of hydrogen-bond donors (Lipinski definition) is 1. The molecule has 0 unspecified atom stereocenters. The fourth-order valence-electron chi connectivity index (χ4n) is 2.06. The van der Waals surface area contributed by atoms with Crippen LogP contribution in [0.3, 0.4) is 0 Å². The second-order valence-electron chi connectivity index (χ2n) is 4.29. The maximum atomic E-state index is 10.7. The van der Waals surface area contributed by atoms with Crippen molar-refractivity contribution in [3.05, 3.63) is 41.7 Å². The number of benzene rings is 1. The molecule has 0 radical (unpaired) electrons. The number of carboxylic acids is 1. The van der Waals surface area contributed by atoms with Crippen molar-refractivity contribution in [3.63, 3.8) is 0 Å². The second-order valence-corrected chi connectivity index (χ2v) is 4.29. The molecule has 1 aromatic heterocycles. The molecule has 0 fully saturated rings. The molecule has 0 saturated carbocycles. The maximum Gasteiger partial charge on any atom is 0.303 e. The highest BCUT2D eigenvalue weighted by atomic mass is 16.4. The molecule has 2 rings (SSSR count). The zero-order valence-electron chi connectivity index (χ0n) is 10.6. The van der Waals surface area contributed by atoms with E-state index in [0.29, 0.717) is 6.42 Å². The lowest BCUT2D eigenvalue weighted by Crippen LogP contribution is -1.99. The van der Waals surface area contributed by atoms with E-state index >= 15 is 0 Å². The minimum Gasteiger partial charge on any atom is -0.481 e. The lowest BCUT2D eigenvalue weighted by atomic mass is 10.0. The number of aryl methyl sites for hydroxylation is 2. The van der Waals surface area contributed by atoms with Gasteiger partial charge in [0.15, 0.2) is 0 Å². The maximum absolute atomic E-state index is 10.7. The lowest BCUT2D eigenvalue weighted by Gasteiger charge is -2.03. The summed E-state index contributed by atoms with van der Waals surface area (Å²) >= 11 is 0. The third-order valence-electron chi connectivity index (χ3n) is 3.04. The van der Waals surface area contributed by atoms with Gasteiger partial charge in [-0.3, -0.25) is 9.48 Å². The summed E-state index contributed by atoms with van der Waals surface area (Å²) in [5.74, 6) is -0.794. The standard InChI is InChI=1S/C14H16N2O2/c1-10-14(11-6-4-3-5-7-11)12(15-16(10)2)8-9-13(17)18/h3-7H,8-9H2,1-2H3,(H,17,18). The van der Waals surface area contributed by atoms with Crippen molar-refractivity contribution in [2.45, 2.75) is 19.8 Å². The smallest absolute Gasteiger partial charge is 0.303 e. The number of nitrogens with zero attached hydrogens (tertiary/aromatic N) is 2. The van der Waals surface area contributed by atoms with Gasteiger partial charge in [0.1, 0.15) is 0 Å². The van der Waals surface area contributed by atoms with Gasteiger partial charge in [0.2, 0.25) is 0 Å². The van der Waals surface area contributed by atoms with Gasteiger partial charge in [-0.05, 0) is 12.5 Å². The number of aromatic nitrogens is 2. The summed E-state index contributed by atoms with van der Waals surface area (Å²) < 4.78 is 1.81. The summed E-state index contributed by atoms with van der Waals surface area (Å²) in [4.78, 5) is 10.7. The Morgan fingerprint density at radius 2 is 2.00 bits per heavy atom. The number of carboxylic acid groups (broad SMARTS) is 1. The Bertz CT molecular complexity index is 559. The molecule has 0 bridgehead atoms. The van der Waals surface area contributed by atoms with Gasteiger partial charge in [-0.1, -0.05) is 30.3 Å². The molecule has 4 nitrogen and oxygen atoms in total. The van der Waals surface area contributed by atoms with Crippen molar-refractivity contribution in [2.24, 2.45) is 7.05 Å². The predicted octanol–water partition coefficient (Wildman–Crippen LogP) is 2.41. The first kappa shape index (κ1) is 12.4. The molecule has 0 atom stereocenters. The molecule has 2 aromatic rings. The first-order valence-corrected chi connectivity index (χ1v) is 5.89. The number of aliphatic carboxylic acids is 1. The first-order valence-electron chi connectivity index (χ1n) is 5.89. The molecule has 4 heteroatoms. The van der Waals surface area contributed by atoms with Gasteiger partial charge < -0.3 is 5.11 Å². The summed E-state index contributed by atoms with van der Waals surface area (Å²) in [7, 11) is 1.88. The predicted molar refractivity (Wildman–Crippen MR) is 69.3 cm³/mol. The summed E-state index contributed by atoms with van der Waals surface area (Å²) in [6.45, 7) is 2.00. The quantitative estimate of drug-likeness (QED) is 0.898. The van der Waals surface area contributed by atoms with Gasteiger partial charge >= 0.3 is 5.97 Å². The van der Waals surface area contributed by atoms with E-state index in [1.807, 2.05) is 44.3 Å². The molecule has 0 amide bonds. The van der Waals surface area contributed by atoms with Crippen molar-refractivity contribution >= 4 is 5.97 Å². The largest absolute Gasteiger partial charge is 0.481 e. The van der Waals surface area contributed by atoms with E-state index in [1.165, 1.54) is 0 Å². The van der Waals surface area contributed by atoms with Crippen molar-refractivity contribution < 1.29 is 9.90 Å². The number of hydrogen-bond acceptors (Lipinski definition) is 2. The Balaban J connectivity index is 2.42. The van der Waals surface area contributed by atoms with E-state index in [0.717, 1.165) is 22.5 Å². The van der Waals surface area contributed by atoms with E-state index < -0.39 is 5.97 Å². The van der Waals surface area contributed by atoms with Gasteiger partial charge in [-0.25, -0.2) is 0 Å². The minimum absolute atomic E-state index is 0.107. The molecule has 0 saturated heterocycles. The highest BCUT2D eigenvalue weighted by Gasteiger charge is 2.15. The number of carbonyl (C=O) groups is 1. The Morgan fingerprint density at radius 1 is 1.33 bits per heavy atom. The Kier molecular flexibility index (Phi) is 3.46.